The van der Waals surface area contributed by atoms with Crippen LogP contribution in [-0.4, -0.2) is 47.5 Å². The molecule has 0 aliphatic carbocycles. The second-order valence-corrected chi connectivity index (χ2v) is 7.47. The van der Waals surface area contributed by atoms with E-state index >= 15 is 0 Å². The highest BCUT2D eigenvalue weighted by atomic mass is 35.5. The minimum Gasteiger partial charge on any atom is -0.484 e. The van der Waals surface area contributed by atoms with Crippen LogP contribution in [0.3, 0.4) is 0 Å². The van der Waals surface area contributed by atoms with E-state index in [9.17, 15) is 9.18 Å². The average Bonchev–Trinajstić information content (AvgIpc) is 2.65. The Morgan fingerprint density at radius 3 is 2.21 bits per heavy atom. The van der Waals surface area contributed by atoms with Crippen LogP contribution in [0.15, 0.2) is 48.5 Å². The molecule has 0 N–H and O–H groups in total. The zero-order chi connectivity index (χ0) is 19.4. The summed E-state index contributed by atoms with van der Waals surface area (Å²) in [7, 11) is 0. The molecule has 2 aromatic rings. The molecule has 28 heavy (non-hydrogen) atoms. The van der Waals surface area contributed by atoms with Gasteiger partial charge in [0.15, 0.2) is 6.61 Å². The zero-order valence-electron chi connectivity index (χ0n) is 16.0. The lowest BCUT2D eigenvalue weighted by atomic mass is 10.1. The molecule has 1 saturated heterocycles. The second-order valence-electron chi connectivity index (χ2n) is 7.04. The van der Waals surface area contributed by atoms with Gasteiger partial charge in [-0.1, -0.05) is 23.7 Å². The highest BCUT2D eigenvalue weighted by Crippen LogP contribution is 2.20. The Hall–Kier alpha value is -1.82. The van der Waals surface area contributed by atoms with Gasteiger partial charge in [0.1, 0.15) is 11.6 Å². The first-order valence-corrected chi connectivity index (χ1v) is 9.46. The molecular formula is C21H25Cl2FN2O2. The molecule has 0 spiro atoms. The van der Waals surface area contributed by atoms with Crippen LogP contribution in [0, 0.1) is 5.82 Å². The fourth-order valence-corrected chi connectivity index (χ4v) is 3.57. The predicted octanol–water partition coefficient (Wildman–Crippen LogP) is 4.40. The minimum absolute atomic E-state index is 0. The maximum Gasteiger partial charge on any atom is 0.260 e. The molecule has 2 atom stereocenters. The van der Waals surface area contributed by atoms with Crippen molar-refractivity contribution in [3.8, 4) is 5.75 Å². The number of nitrogens with zero attached hydrogens (tertiary/aromatic N) is 2. The number of benzene rings is 2. The summed E-state index contributed by atoms with van der Waals surface area (Å²) in [6.45, 7) is 6.27. The average molecular weight is 427 g/mol. The number of hydrogen-bond donors (Lipinski definition) is 0. The number of hydrogen-bond acceptors (Lipinski definition) is 3. The molecule has 7 heteroatoms. The van der Waals surface area contributed by atoms with Crippen molar-refractivity contribution in [1.29, 1.82) is 0 Å². The van der Waals surface area contributed by atoms with Gasteiger partial charge >= 0.3 is 0 Å². The van der Waals surface area contributed by atoms with E-state index in [2.05, 4.69) is 18.7 Å². The van der Waals surface area contributed by atoms with Crippen LogP contribution in [0.4, 0.5) is 4.39 Å². The molecule has 1 aliphatic heterocycles. The summed E-state index contributed by atoms with van der Waals surface area (Å²) in [4.78, 5) is 16.7. The van der Waals surface area contributed by atoms with Gasteiger partial charge in [-0.15, -0.1) is 12.4 Å². The Balaban J connectivity index is 0.00000280. The van der Waals surface area contributed by atoms with Crippen LogP contribution in [0.2, 0.25) is 5.02 Å². The number of amides is 1. The van der Waals surface area contributed by atoms with E-state index in [-0.39, 0.29) is 42.8 Å². The first-order valence-electron chi connectivity index (χ1n) is 9.08. The zero-order valence-corrected chi connectivity index (χ0v) is 17.5. The van der Waals surface area contributed by atoms with Crippen LogP contribution < -0.4 is 4.74 Å². The number of ether oxygens (including phenoxy) is 1. The number of carbonyl (C=O) groups excluding carboxylic acids is 1. The summed E-state index contributed by atoms with van der Waals surface area (Å²) in [5.41, 5.74) is 1.07. The lowest BCUT2D eigenvalue weighted by molar-refractivity contribution is -0.138. The molecule has 4 nitrogen and oxygen atoms in total. The first kappa shape index (κ1) is 22.5. The molecule has 0 aromatic heterocycles. The van der Waals surface area contributed by atoms with Crippen LogP contribution in [0.25, 0.3) is 0 Å². The van der Waals surface area contributed by atoms with Gasteiger partial charge in [-0.3, -0.25) is 9.69 Å². The third kappa shape index (κ3) is 5.84. The van der Waals surface area contributed by atoms with E-state index in [0.717, 1.165) is 12.1 Å². The molecule has 1 amide bonds. The Bertz CT molecular complexity index is 759. The van der Waals surface area contributed by atoms with E-state index in [1.54, 1.807) is 24.3 Å². The SMILES string of the molecule is C[C@H]1CN(C(=O)COc2ccc(Cl)cc2)C[C@H](C)N1Cc1ccc(F)cc1.Cl. The van der Waals surface area contributed by atoms with Crippen LogP contribution in [0.5, 0.6) is 5.75 Å². The number of rotatable bonds is 5. The lowest BCUT2D eigenvalue weighted by Crippen LogP contribution is -2.58. The largest absolute Gasteiger partial charge is 0.484 e. The molecule has 0 saturated carbocycles. The van der Waals surface area contributed by atoms with Crippen molar-refractivity contribution >= 4 is 29.9 Å². The lowest BCUT2D eigenvalue weighted by Gasteiger charge is -2.44. The molecule has 0 unspecified atom stereocenters. The molecule has 152 valence electrons. The Labute approximate surface area is 176 Å². The van der Waals surface area contributed by atoms with Crippen molar-refractivity contribution in [2.24, 2.45) is 0 Å². The summed E-state index contributed by atoms with van der Waals surface area (Å²) in [5, 5.41) is 0.633. The van der Waals surface area contributed by atoms with Gasteiger partial charge in [0.25, 0.3) is 5.91 Å². The summed E-state index contributed by atoms with van der Waals surface area (Å²) >= 11 is 5.85. The number of piperazine rings is 1. The maximum atomic E-state index is 13.1. The molecule has 1 heterocycles. The van der Waals surface area contributed by atoms with Crippen molar-refractivity contribution in [3.05, 3.63) is 64.9 Å². The van der Waals surface area contributed by atoms with Gasteiger partial charge in [-0.2, -0.15) is 0 Å². The predicted molar refractivity (Wildman–Crippen MR) is 112 cm³/mol. The van der Waals surface area contributed by atoms with Crippen LogP contribution in [-0.2, 0) is 11.3 Å². The number of carbonyl (C=O) groups is 1. The van der Waals surface area contributed by atoms with E-state index in [0.29, 0.717) is 23.9 Å². The van der Waals surface area contributed by atoms with Crippen molar-refractivity contribution in [1.82, 2.24) is 9.80 Å². The fraction of sp³-hybridized carbons (Fsp3) is 0.381. The second kappa shape index (κ2) is 10.1. The van der Waals surface area contributed by atoms with Gasteiger partial charge < -0.3 is 9.64 Å². The first-order chi connectivity index (χ1) is 12.9. The highest BCUT2D eigenvalue weighted by Gasteiger charge is 2.31. The molecule has 0 bridgehead atoms. The van der Waals surface area contributed by atoms with Crippen LogP contribution >= 0.6 is 24.0 Å². The maximum absolute atomic E-state index is 13.1. The van der Waals surface area contributed by atoms with Gasteiger partial charge in [-0.05, 0) is 55.8 Å². The van der Waals surface area contributed by atoms with Gasteiger partial charge in [0.2, 0.25) is 0 Å². The van der Waals surface area contributed by atoms with Crippen molar-refractivity contribution in [2.75, 3.05) is 19.7 Å². The topological polar surface area (TPSA) is 32.8 Å². The summed E-state index contributed by atoms with van der Waals surface area (Å²) < 4.78 is 18.7. The molecule has 2 aromatic carbocycles. The Morgan fingerprint density at radius 1 is 1.07 bits per heavy atom. The quantitative estimate of drug-likeness (QED) is 0.709. The molecular weight excluding hydrogens is 402 g/mol. The minimum atomic E-state index is -0.226. The van der Waals surface area contributed by atoms with Crippen molar-refractivity contribution in [3.63, 3.8) is 0 Å². The van der Waals surface area contributed by atoms with E-state index < -0.39 is 0 Å². The normalized spacial score (nSPS) is 19.8. The number of halogens is 3. The molecule has 3 rings (SSSR count). The fourth-order valence-electron chi connectivity index (χ4n) is 3.44. The highest BCUT2D eigenvalue weighted by molar-refractivity contribution is 6.30. The third-order valence-corrected chi connectivity index (χ3v) is 5.16. The smallest absolute Gasteiger partial charge is 0.260 e. The standard InChI is InChI=1S/C21H24ClFN2O2.ClH/c1-15-11-24(21(26)14-27-20-9-5-18(22)6-10-20)12-16(2)25(15)13-17-3-7-19(23)8-4-17;/h3-10,15-16H,11-14H2,1-2H3;1H/t15-,16-;/m0./s1. The Morgan fingerprint density at radius 2 is 1.64 bits per heavy atom. The monoisotopic (exact) mass is 426 g/mol. The van der Waals surface area contributed by atoms with Crippen molar-refractivity contribution < 1.29 is 13.9 Å². The van der Waals surface area contributed by atoms with E-state index in [1.165, 1.54) is 12.1 Å². The van der Waals surface area contributed by atoms with E-state index in [1.807, 2.05) is 17.0 Å². The van der Waals surface area contributed by atoms with Gasteiger partial charge in [0, 0.05) is 36.7 Å². The summed E-state index contributed by atoms with van der Waals surface area (Å²) in [5.74, 6) is 0.379. The summed E-state index contributed by atoms with van der Waals surface area (Å²) in [6.07, 6.45) is 0. The summed E-state index contributed by atoms with van der Waals surface area (Å²) in [6, 6.07) is 14.0. The Kier molecular flexibility index (Phi) is 8.10. The van der Waals surface area contributed by atoms with E-state index in [4.69, 9.17) is 16.3 Å². The van der Waals surface area contributed by atoms with Gasteiger partial charge in [0.05, 0.1) is 0 Å². The molecule has 0 radical (unpaired) electrons. The molecule has 1 fully saturated rings. The molecule has 1 aliphatic rings. The van der Waals surface area contributed by atoms with Crippen molar-refractivity contribution in [2.45, 2.75) is 32.5 Å². The third-order valence-electron chi connectivity index (χ3n) is 4.91. The van der Waals surface area contributed by atoms with Crippen LogP contribution in [0.1, 0.15) is 19.4 Å². The van der Waals surface area contributed by atoms with Gasteiger partial charge in [-0.25, -0.2) is 4.39 Å².